The van der Waals surface area contributed by atoms with Crippen LogP contribution in [0.4, 0.5) is 10.6 Å². The lowest BCUT2D eigenvalue weighted by Gasteiger charge is -2.28. The summed E-state index contributed by atoms with van der Waals surface area (Å²) in [6.45, 7) is 6.55. The average Bonchev–Trinajstić information content (AvgIpc) is 2.63. The van der Waals surface area contributed by atoms with Crippen molar-refractivity contribution < 1.29 is 9.59 Å². The second-order valence-electron chi connectivity index (χ2n) is 6.09. The van der Waals surface area contributed by atoms with Gasteiger partial charge in [-0.25, -0.2) is 9.78 Å². The van der Waals surface area contributed by atoms with Gasteiger partial charge in [-0.05, 0) is 50.8 Å². The van der Waals surface area contributed by atoms with Crippen LogP contribution < -0.4 is 10.2 Å². The number of carbonyl (C=O) groups excluding carboxylic acids is 2. The molecule has 1 aromatic rings. The van der Waals surface area contributed by atoms with E-state index in [0.29, 0.717) is 24.3 Å². The number of hydrogen-bond donors (Lipinski definition) is 1. The molecule has 0 unspecified atom stereocenters. The lowest BCUT2D eigenvalue weighted by Crippen LogP contribution is -2.42. The summed E-state index contributed by atoms with van der Waals surface area (Å²) in [7, 11) is 0. The molecule has 0 saturated carbocycles. The number of pyridine rings is 1. The van der Waals surface area contributed by atoms with Crippen LogP contribution in [0.1, 0.15) is 49.7 Å². The number of amides is 2. The van der Waals surface area contributed by atoms with Crippen LogP contribution in [-0.2, 0) is 6.42 Å². The van der Waals surface area contributed by atoms with Crippen molar-refractivity contribution in [2.45, 2.75) is 40.0 Å². The fourth-order valence-electron chi connectivity index (χ4n) is 2.61. The molecule has 0 fully saturated rings. The molecule has 2 heterocycles. The maximum absolute atomic E-state index is 12.6. The number of aromatic nitrogens is 1. The van der Waals surface area contributed by atoms with E-state index in [9.17, 15) is 9.59 Å². The van der Waals surface area contributed by atoms with Crippen LogP contribution in [0.15, 0.2) is 47.7 Å². The fourth-order valence-corrected chi connectivity index (χ4v) is 2.61. The summed E-state index contributed by atoms with van der Waals surface area (Å²) in [6, 6.07) is 3.34. The first-order valence-electron chi connectivity index (χ1n) is 8.60. The molecule has 1 aromatic heterocycles. The van der Waals surface area contributed by atoms with Crippen LogP contribution in [0.3, 0.4) is 0 Å². The van der Waals surface area contributed by atoms with E-state index < -0.39 is 0 Å². The van der Waals surface area contributed by atoms with E-state index >= 15 is 0 Å². The summed E-state index contributed by atoms with van der Waals surface area (Å²) < 4.78 is 0. The molecule has 5 heteroatoms. The number of hydrogen-bond acceptors (Lipinski definition) is 3. The zero-order valence-electron chi connectivity index (χ0n) is 15.1. The minimum Gasteiger partial charge on any atom is -0.312 e. The van der Waals surface area contributed by atoms with E-state index in [1.165, 1.54) is 0 Å². The summed E-state index contributed by atoms with van der Waals surface area (Å²) in [6.07, 6.45) is 11.4. The Morgan fingerprint density at radius 2 is 2.12 bits per heavy atom. The van der Waals surface area contributed by atoms with Gasteiger partial charge in [0.15, 0.2) is 6.29 Å². The highest BCUT2D eigenvalue weighted by atomic mass is 16.2. The van der Waals surface area contributed by atoms with E-state index in [1.807, 2.05) is 32.1 Å². The topological polar surface area (TPSA) is 62.3 Å². The summed E-state index contributed by atoms with van der Waals surface area (Å²) in [5.41, 5.74) is 3.21. The van der Waals surface area contributed by atoms with Gasteiger partial charge in [0, 0.05) is 12.2 Å². The monoisotopic (exact) mass is 339 g/mol. The third kappa shape index (κ3) is 5.14. The summed E-state index contributed by atoms with van der Waals surface area (Å²) in [5, 5.41) is 2.89. The van der Waals surface area contributed by atoms with Crippen molar-refractivity contribution in [3.05, 3.63) is 59.0 Å². The van der Waals surface area contributed by atoms with Gasteiger partial charge in [-0.1, -0.05) is 36.8 Å². The Bertz CT molecular complexity index is 732. The lowest BCUT2D eigenvalue weighted by molar-refractivity contribution is 0.111. The normalized spacial score (nSPS) is 15.2. The van der Waals surface area contributed by atoms with Crippen molar-refractivity contribution in [1.29, 1.82) is 0 Å². The third-order valence-corrected chi connectivity index (χ3v) is 3.94. The smallest absolute Gasteiger partial charge is 0.312 e. The Kier molecular flexibility index (Phi) is 6.69. The molecule has 132 valence electrons. The molecule has 2 rings (SSSR count). The highest BCUT2D eigenvalue weighted by Crippen LogP contribution is 2.25. The zero-order valence-corrected chi connectivity index (χ0v) is 15.1. The van der Waals surface area contributed by atoms with Gasteiger partial charge in [0.05, 0.1) is 0 Å². The second-order valence-corrected chi connectivity index (χ2v) is 6.09. The molecular weight excluding hydrogens is 314 g/mol. The maximum atomic E-state index is 12.6. The van der Waals surface area contributed by atoms with Crippen LogP contribution in [-0.4, -0.2) is 23.8 Å². The molecule has 1 aliphatic rings. The quantitative estimate of drug-likeness (QED) is 0.647. The molecule has 0 saturated heterocycles. The Hall–Kier alpha value is -2.69. The van der Waals surface area contributed by atoms with E-state index in [2.05, 4.69) is 29.4 Å². The zero-order chi connectivity index (χ0) is 18.2. The summed E-state index contributed by atoms with van der Waals surface area (Å²) in [5.74, 6) is 0.582. The van der Waals surface area contributed by atoms with Crippen molar-refractivity contribution in [1.82, 2.24) is 10.3 Å². The van der Waals surface area contributed by atoms with Gasteiger partial charge in [0.2, 0.25) is 0 Å². The van der Waals surface area contributed by atoms with Crippen LogP contribution in [0, 0.1) is 0 Å². The first kappa shape index (κ1) is 18.6. The lowest BCUT2D eigenvalue weighted by atomic mass is 10.1. The number of nitrogens with one attached hydrogen (secondary N) is 1. The SMILES string of the molecule is CC/C=C/C(C)=C\C=C(/C)NC(=O)N1CCCc2ccc(C=O)nc21. The molecule has 0 aliphatic carbocycles. The summed E-state index contributed by atoms with van der Waals surface area (Å²) in [4.78, 5) is 29.5. The minimum atomic E-state index is -0.222. The van der Waals surface area contributed by atoms with E-state index in [1.54, 1.807) is 11.0 Å². The van der Waals surface area contributed by atoms with E-state index in [-0.39, 0.29) is 6.03 Å². The molecule has 25 heavy (non-hydrogen) atoms. The molecule has 0 bridgehead atoms. The number of carbonyl (C=O) groups is 2. The first-order chi connectivity index (χ1) is 12.0. The molecule has 0 atom stereocenters. The fraction of sp³-hybridized carbons (Fsp3) is 0.350. The molecule has 1 N–H and O–H groups in total. The average molecular weight is 339 g/mol. The predicted molar refractivity (Wildman–Crippen MR) is 101 cm³/mol. The molecule has 1 aliphatic heterocycles. The Balaban J connectivity index is 2.12. The molecular formula is C20H25N3O2. The highest BCUT2D eigenvalue weighted by Gasteiger charge is 2.24. The maximum Gasteiger partial charge on any atom is 0.327 e. The number of aryl methyl sites for hydroxylation is 1. The van der Waals surface area contributed by atoms with Gasteiger partial charge < -0.3 is 5.32 Å². The van der Waals surface area contributed by atoms with Crippen molar-refractivity contribution in [3.8, 4) is 0 Å². The van der Waals surface area contributed by atoms with Gasteiger partial charge in [-0.2, -0.15) is 0 Å². The number of fused-ring (bicyclic) bond motifs is 1. The largest absolute Gasteiger partial charge is 0.327 e. The number of aldehydes is 1. The first-order valence-corrected chi connectivity index (χ1v) is 8.60. The number of urea groups is 1. The predicted octanol–water partition coefficient (Wildman–Crippen LogP) is 4.17. The van der Waals surface area contributed by atoms with Gasteiger partial charge in [0.1, 0.15) is 11.5 Å². The number of allylic oxidation sites excluding steroid dienone is 6. The van der Waals surface area contributed by atoms with Crippen LogP contribution >= 0.6 is 0 Å². The molecule has 0 aromatic carbocycles. The van der Waals surface area contributed by atoms with Gasteiger partial charge in [-0.3, -0.25) is 9.69 Å². The standard InChI is InChI=1S/C20H25N3O2/c1-4-5-7-15(2)9-10-16(3)21-20(25)23-13-6-8-17-11-12-18(14-24)22-19(17)23/h5,7,9-12,14H,4,6,8,13H2,1-3H3,(H,21,25)/b7-5+,15-9-,16-10+. The van der Waals surface area contributed by atoms with Crippen LogP contribution in [0.25, 0.3) is 0 Å². The molecule has 0 radical (unpaired) electrons. The highest BCUT2D eigenvalue weighted by molar-refractivity contribution is 5.93. The second kappa shape index (κ2) is 8.97. The number of nitrogens with zero attached hydrogens (tertiary/aromatic N) is 2. The molecule has 5 nitrogen and oxygen atoms in total. The number of anilines is 1. The Labute approximate surface area is 149 Å². The Morgan fingerprint density at radius 1 is 1.32 bits per heavy atom. The van der Waals surface area contributed by atoms with Gasteiger partial charge >= 0.3 is 6.03 Å². The van der Waals surface area contributed by atoms with Crippen LogP contribution in [0.5, 0.6) is 0 Å². The van der Waals surface area contributed by atoms with Crippen molar-refractivity contribution in [3.63, 3.8) is 0 Å². The molecule has 2 amide bonds. The minimum absolute atomic E-state index is 0.222. The van der Waals surface area contributed by atoms with Crippen molar-refractivity contribution in [2.24, 2.45) is 0 Å². The van der Waals surface area contributed by atoms with Crippen LogP contribution in [0.2, 0.25) is 0 Å². The number of rotatable bonds is 5. The Morgan fingerprint density at radius 3 is 2.84 bits per heavy atom. The van der Waals surface area contributed by atoms with Gasteiger partial charge in [0.25, 0.3) is 0 Å². The van der Waals surface area contributed by atoms with E-state index in [0.717, 1.165) is 36.1 Å². The molecule has 0 spiro atoms. The third-order valence-electron chi connectivity index (χ3n) is 3.94. The van der Waals surface area contributed by atoms with Crippen molar-refractivity contribution in [2.75, 3.05) is 11.4 Å². The van der Waals surface area contributed by atoms with Gasteiger partial charge in [-0.15, -0.1) is 0 Å². The van der Waals surface area contributed by atoms with E-state index in [4.69, 9.17) is 0 Å². The van der Waals surface area contributed by atoms with Crippen molar-refractivity contribution >= 4 is 18.1 Å². The summed E-state index contributed by atoms with van der Waals surface area (Å²) >= 11 is 0.